The molecule has 6 atom stereocenters. The standard InChI is InChI=1S/C27H40N6O6/c1-5-14(3)22(29)25(36)31-19(12-21(28)34)24(35)33-23(15(4)6-2)26(37)32-20(27(38)39)11-16-13-30-18-10-8-7-9-17(16)18/h7-10,13-15,19-20,22-23,30H,5-6,11-12,29H2,1-4H3,(H2,28,34)(H,31,36)(H,32,37)(H,33,35)(H,38,39). The lowest BCUT2D eigenvalue weighted by Crippen LogP contribution is -2.59. The highest BCUT2D eigenvalue weighted by atomic mass is 16.4. The number of hydrogen-bond acceptors (Lipinski definition) is 6. The van der Waals surface area contributed by atoms with Gasteiger partial charge in [0.25, 0.3) is 0 Å². The number of carboxylic acids is 1. The number of carbonyl (C=O) groups excluding carboxylic acids is 4. The minimum Gasteiger partial charge on any atom is -0.480 e. The SMILES string of the molecule is CCC(C)C(N)C(=O)NC(CC(N)=O)C(=O)NC(C(=O)NC(Cc1c[nH]c2ccccc12)C(=O)O)C(C)CC. The van der Waals surface area contributed by atoms with Gasteiger partial charge in [0, 0.05) is 23.5 Å². The van der Waals surface area contributed by atoms with E-state index in [0.717, 1.165) is 10.9 Å². The highest BCUT2D eigenvalue weighted by Gasteiger charge is 2.34. The summed E-state index contributed by atoms with van der Waals surface area (Å²) < 4.78 is 0. The van der Waals surface area contributed by atoms with Crippen molar-refractivity contribution < 1.29 is 29.1 Å². The third-order valence-electron chi connectivity index (χ3n) is 7.10. The summed E-state index contributed by atoms with van der Waals surface area (Å²) >= 11 is 0. The predicted molar refractivity (Wildman–Crippen MR) is 146 cm³/mol. The maximum Gasteiger partial charge on any atom is 0.326 e. The van der Waals surface area contributed by atoms with E-state index in [-0.39, 0.29) is 12.3 Å². The topological polar surface area (TPSA) is 209 Å². The van der Waals surface area contributed by atoms with Crippen LogP contribution in [0, 0.1) is 11.8 Å². The molecule has 0 saturated carbocycles. The molecule has 0 aliphatic heterocycles. The van der Waals surface area contributed by atoms with Gasteiger partial charge < -0.3 is 37.5 Å². The number of primary amides is 1. The van der Waals surface area contributed by atoms with Gasteiger partial charge in [0.15, 0.2) is 0 Å². The van der Waals surface area contributed by atoms with Crippen LogP contribution in [0.4, 0.5) is 0 Å². The number of fused-ring (bicyclic) bond motifs is 1. The normalized spacial score (nSPS) is 15.8. The summed E-state index contributed by atoms with van der Waals surface area (Å²) in [5, 5.41) is 18.3. The van der Waals surface area contributed by atoms with Gasteiger partial charge >= 0.3 is 5.97 Å². The Balaban J connectivity index is 2.21. The van der Waals surface area contributed by atoms with Gasteiger partial charge in [-0.25, -0.2) is 4.79 Å². The summed E-state index contributed by atoms with van der Waals surface area (Å²) in [4.78, 5) is 65.8. The number of rotatable bonds is 15. The fraction of sp³-hybridized carbons (Fsp3) is 0.519. The average Bonchev–Trinajstić information content (AvgIpc) is 3.31. The van der Waals surface area contributed by atoms with Gasteiger partial charge in [0.1, 0.15) is 18.1 Å². The van der Waals surface area contributed by atoms with Crippen LogP contribution in [0.25, 0.3) is 10.9 Å². The highest BCUT2D eigenvalue weighted by Crippen LogP contribution is 2.19. The monoisotopic (exact) mass is 544 g/mol. The number of aromatic amines is 1. The van der Waals surface area contributed by atoms with Gasteiger partial charge in [-0.15, -0.1) is 0 Å². The minimum absolute atomic E-state index is 0.0140. The Kier molecular flexibility index (Phi) is 11.5. The largest absolute Gasteiger partial charge is 0.480 e. The van der Waals surface area contributed by atoms with Crippen LogP contribution in [-0.2, 0) is 30.4 Å². The molecular weight excluding hydrogens is 504 g/mol. The molecule has 12 nitrogen and oxygen atoms in total. The van der Waals surface area contributed by atoms with E-state index in [9.17, 15) is 29.1 Å². The molecule has 2 rings (SSSR count). The minimum atomic E-state index is -1.36. The molecule has 1 aromatic heterocycles. The van der Waals surface area contributed by atoms with Crippen LogP contribution < -0.4 is 27.4 Å². The molecule has 12 heteroatoms. The van der Waals surface area contributed by atoms with Gasteiger partial charge in [0.05, 0.1) is 12.5 Å². The van der Waals surface area contributed by atoms with Crippen LogP contribution in [0.2, 0.25) is 0 Å². The van der Waals surface area contributed by atoms with Crippen molar-refractivity contribution in [2.24, 2.45) is 23.3 Å². The molecule has 39 heavy (non-hydrogen) atoms. The second-order valence-corrected chi connectivity index (χ2v) is 9.98. The molecule has 0 saturated heterocycles. The van der Waals surface area contributed by atoms with Crippen LogP contribution in [0.15, 0.2) is 30.5 Å². The maximum absolute atomic E-state index is 13.3. The summed E-state index contributed by atoms with van der Waals surface area (Å²) in [6.07, 6.45) is 2.31. The zero-order chi connectivity index (χ0) is 29.3. The van der Waals surface area contributed by atoms with Crippen molar-refractivity contribution >= 4 is 40.5 Å². The summed E-state index contributed by atoms with van der Waals surface area (Å²) in [6, 6.07) is 2.73. The molecule has 214 valence electrons. The Labute approximate surface area is 227 Å². The first-order valence-electron chi connectivity index (χ1n) is 13.1. The number of carboxylic acid groups (broad SMARTS) is 1. The highest BCUT2D eigenvalue weighted by molar-refractivity contribution is 5.96. The lowest BCUT2D eigenvalue weighted by atomic mass is 9.96. The van der Waals surface area contributed by atoms with Crippen LogP contribution >= 0.6 is 0 Å². The molecule has 0 radical (unpaired) electrons. The number of amides is 4. The van der Waals surface area contributed by atoms with Crippen molar-refractivity contribution in [3.8, 4) is 0 Å². The second kappa shape index (κ2) is 14.3. The molecule has 9 N–H and O–H groups in total. The van der Waals surface area contributed by atoms with Crippen molar-refractivity contribution in [2.75, 3.05) is 0 Å². The van der Waals surface area contributed by atoms with Crippen LogP contribution in [0.3, 0.4) is 0 Å². The number of aromatic nitrogens is 1. The van der Waals surface area contributed by atoms with Crippen molar-refractivity contribution in [1.29, 1.82) is 0 Å². The molecule has 0 aliphatic carbocycles. The molecule has 0 spiro atoms. The van der Waals surface area contributed by atoms with E-state index in [1.54, 1.807) is 20.0 Å². The molecular formula is C27H40N6O6. The zero-order valence-corrected chi connectivity index (χ0v) is 22.8. The Bertz CT molecular complexity index is 1180. The zero-order valence-electron chi connectivity index (χ0n) is 22.8. The van der Waals surface area contributed by atoms with Crippen LogP contribution in [0.5, 0.6) is 0 Å². The van der Waals surface area contributed by atoms with E-state index in [1.165, 1.54) is 0 Å². The number of para-hydroxylation sites is 1. The van der Waals surface area contributed by atoms with Gasteiger partial charge in [-0.1, -0.05) is 58.7 Å². The van der Waals surface area contributed by atoms with Crippen molar-refractivity contribution in [2.45, 2.75) is 77.5 Å². The first-order valence-corrected chi connectivity index (χ1v) is 13.1. The smallest absolute Gasteiger partial charge is 0.326 e. The fourth-order valence-corrected chi connectivity index (χ4v) is 4.13. The Hall–Kier alpha value is -3.93. The molecule has 2 aromatic rings. The lowest BCUT2D eigenvalue weighted by molar-refractivity contribution is -0.142. The first kappa shape index (κ1) is 31.3. The molecule has 1 heterocycles. The number of benzene rings is 1. The maximum atomic E-state index is 13.3. The molecule has 6 unspecified atom stereocenters. The molecule has 4 amide bonds. The lowest BCUT2D eigenvalue weighted by Gasteiger charge is -2.28. The Morgan fingerprint density at radius 2 is 1.51 bits per heavy atom. The average molecular weight is 545 g/mol. The predicted octanol–water partition coefficient (Wildman–Crippen LogP) is 0.544. The van der Waals surface area contributed by atoms with Gasteiger partial charge in [-0.3, -0.25) is 19.2 Å². The summed E-state index contributed by atoms with van der Waals surface area (Å²) in [5.41, 5.74) is 12.8. The third-order valence-corrected chi connectivity index (χ3v) is 7.10. The van der Waals surface area contributed by atoms with E-state index in [0.29, 0.717) is 18.4 Å². The van der Waals surface area contributed by atoms with Crippen molar-refractivity contribution in [3.05, 3.63) is 36.0 Å². The number of carbonyl (C=O) groups is 5. The van der Waals surface area contributed by atoms with Crippen LogP contribution in [0.1, 0.15) is 52.5 Å². The van der Waals surface area contributed by atoms with E-state index in [2.05, 4.69) is 20.9 Å². The third kappa shape index (κ3) is 8.54. The van der Waals surface area contributed by atoms with Gasteiger partial charge in [-0.05, 0) is 23.5 Å². The number of aliphatic carboxylic acids is 1. The number of nitrogens with two attached hydrogens (primary N) is 2. The summed E-state index contributed by atoms with van der Waals surface area (Å²) in [6.45, 7) is 7.18. The van der Waals surface area contributed by atoms with Gasteiger partial charge in [-0.2, -0.15) is 0 Å². The van der Waals surface area contributed by atoms with E-state index < -0.39 is 66.1 Å². The number of H-pyrrole nitrogens is 1. The quantitative estimate of drug-likeness (QED) is 0.169. The molecule has 0 aliphatic rings. The Morgan fingerprint density at radius 3 is 2.10 bits per heavy atom. The van der Waals surface area contributed by atoms with E-state index in [1.807, 2.05) is 38.1 Å². The van der Waals surface area contributed by atoms with E-state index >= 15 is 0 Å². The summed E-state index contributed by atoms with van der Waals surface area (Å²) in [7, 11) is 0. The van der Waals surface area contributed by atoms with Gasteiger partial charge in [0.2, 0.25) is 23.6 Å². The molecule has 1 aromatic carbocycles. The molecule has 0 fully saturated rings. The first-order chi connectivity index (χ1) is 18.4. The molecule has 0 bridgehead atoms. The second-order valence-electron chi connectivity index (χ2n) is 9.98. The van der Waals surface area contributed by atoms with E-state index in [4.69, 9.17) is 11.5 Å². The fourth-order valence-electron chi connectivity index (χ4n) is 4.13. The van der Waals surface area contributed by atoms with Crippen LogP contribution in [-0.4, -0.2) is 63.9 Å². The van der Waals surface area contributed by atoms with Crippen molar-refractivity contribution in [1.82, 2.24) is 20.9 Å². The summed E-state index contributed by atoms with van der Waals surface area (Å²) in [5.74, 6) is -4.77. The number of nitrogens with one attached hydrogen (secondary N) is 4. The van der Waals surface area contributed by atoms with Crippen molar-refractivity contribution in [3.63, 3.8) is 0 Å². The number of hydrogen-bond donors (Lipinski definition) is 7. The Morgan fingerprint density at radius 1 is 0.897 bits per heavy atom.